The highest BCUT2D eigenvalue weighted by atomic mass is 79.9. The van der Waals surface area contributed by atoms with Gasteiger partial charge < -0.3 is 5.32 Å². The van der Waals surface area contributed by atoms with Crippen molar-refractivity contribution in [1.29, 1.82) is 0 Å². The molecule has 0 saturated heterocycles. The third-order valence-electron chi connectivity index (χ3n) is 3.98. The fraction of sp³-hybridized carbons (Fsp3) is 0.533. The van der Waals surface area contributed by atoms with Gasteiger partial charge in [0.25, 0.3) is 0 Å². The Kier molecular flexibility index (Phi) is 4.18. The zero-order valence-electron chi connectivity index (χ0n) is 10.8. The van der Waals surface area contributed by atoms with Crippen LogP contribution in [0.5, 0.6) is 0 Å². The van der Waals surface area contributed by atoms with Crippen molar-refractivity contribution < 1.29 is 4.79 Å². The lowest BCUT2D eigenvalue weighted by molar-refractivity contribution is -0.120. The molecular formula is C15H18BrNOS. The molecule has 2 aliphatic rings. The maximum absolute atomic E-state index is 12.2. The second kappa shape index (κ2) is 5.88. The van der Waals surface area contributed by atoms with Crippen molar-refractivity contribution in [2.24, 2.45) is 5.92 Å². The summed E-state index contributed by atoms with van der Waals surface area (Å²) in [5, 5.41) is 3.21. The molecule has 1 amide bonds. The van der Waals surface area contributed by atoms with Crippen LogP contribution in [0, 0.1) is 5.92 Å². The van der Waals surface area contributed by atoms with Crippen LogP contribution < -0.4 is 5.32 Å². The molecular weight excluding hydrogens is 322 g/mol. The fourth-order valence-electron chi connectivity index (χ4n) is 2.89. The molecule has 1 aromatic carbocycles. The maximum atomic E-state index is 12.2. The summed E-state index contributed by atoms with van der Waals surface area (Å²) in [6.07, 6.45) is 4.54. The number of hydrogen-bond donors (Lipinski definition) is 1. The summed E-state index contributed by atoms with van der Waals surface area (Å²) in [5.41, 5.74) is 1.31. The number of carbonyl (C=O) groups excluding carboxylic acids is 1. The Labute approximate surface area is 126 Å². The summed E-state index contributed by atoms with van der Waals surface area (Å²) in [7, 11) is 0. The van der Waals surface area contributed by atoms with Gasteiger partial charge in [-0.05, 0) is 43.2 Å². The van der Waals surface area contributed by atoms with E-state index in [1.54, 1.807) is 11.8 Å². The van der Waals surface area contributed by atoms with Crippen molar-refractivity contribution in [3.05, 3.63) is 29.8 Å². The number of halogens is 1. The van der Waals surface area contributed by atoms with Crippen molar-refractivity contribution in [3.8, 4) is 0 Å². The molecule has 3 atom stereocenters. The zero-order chi connectivity index (χ0) is 13.2. The summed E-state index contributed by atoms with van der Waals surface area (Å²) < 4.78 is 0. The first-order valence-corrected chi connectivity index (χ1v) is 8.68. The minimum Gasteiger partial charge on any atom is -0.355 e. The average molecular weight is 340 g/mol. The lowest BCUT2D eigenvalue weighted by atomic mass is 10.1. The lowest BCUT2D eigenvalue weighted by Crippen LogP contribution is -2.35. The van der Waals surface area contributed by atoms with E-state index in [0.29, 0.717) is 10.7 Å². The lowest BCUT2D eigenvalue weighted by Gasteiger charge is -2.13. The quantitative estimate of drug-likeness (QED) is 0.855. The Balaban J connectivity index is 1.50. The summed E-state index contributed by atoms with van der Waals surface area (Å²) in [5.74, 6) is 0.862. The van der Waals surface area contributed by atoms with E-state index >= 15 is 0 Å². The van der Waals surface area contributed by atoms with Crippen molar-refractivity contribution in [3.63, 3.8) is 0 Å². The van der Waals surface area contributed by atoms with Gasteiger partial charge in [0.1, 0.15) is 0 Å². The van der Waals surface area contributed by atoms with Gasteiger partial charge in [-0.1, -0.05) is 34.1 Å². The van der Waals surface area contributed by atoms with Gasteiger partial charge in [0.2, 0.25) is 5.91 Å². The molecule has 1 aliphatic heterocycles. The molecule has 1 heterocycles. The van der Waals surface area contributed by atoms with E-state index in [1.165, 1.54) is 29.7 Å². The molecule has 0 aromatic heterocycles. The number of carbonyl (C=O) groups is 1. The first-order valence-electron chi connectivity index (χ1n) is 6.88. The van der Waals surface area contributed by atoms with Gasteiger partial charge in [0.15, 0.2) is 0 Å². The van der Waals surface area contributed by atoms with Crippen LogP contribution in [0.25, 0.3) is 0 Å². The van der Waals surface area contributed by atoms with Crippen molar-refractivity contribution in [2.75, 3.05) is 6.54 Å². The second-order valence-electron chi connectivity index (χ2n) is 5.44. The van der Waals surface area contributed by atoms with Crippen molar-refractivity contribution in [2.45, 2.75) is 40.7 Å². The van der Waals surface area contributed by atoms with Crippen molar-refractivity contribution in [1.82, 2.24) is 5.32 Å². The summed E-state index contributed by atoms with van der Waals surface area (Å²) >= 11 is 5.36. The first kappa shape index (κ1) is 13.5. The van der Waals surface area contributed by atoms with E-state index in [4.69, 9.17) is 0 Å². The molecule has 1 saturated carbocycles. The van der Waals surface area contributed by atoms with Crippen LogP contribution in [0.15, 0.2) is 29.2 Å². The maximum Gasteiger partial charge on any atom is 0.233 e. The van der Waals surface area contributed by atoms with Gasteiger partial charge in [-0.25, -0.2) is 0 Å². The summed E-state index contributed by atoms with van der Waals surface area (Å²) in [6, 6.07) is 8.33. The number of rotatable bonds is 3. The molecule has 3 rings (SSSR count). The highest BCUT2D eigenvalue weighted by molar-refractivity contribution is 9.09. The Bertz CT molecular complexity index is 454. The Morgan fingerprint density at radius 2 is 2.21 bits per heavy atom. The third kappa shape index (κ3) is 3.16. The van der Waals surface area contributed by atoms with E-state index in [0.717, 1.165) is 13.0 Å². The van der Waals surface area contributed by atoms with E-state index < -0.39 is 0 Å². The van der Waals surface area contributed by atoms with E-state index in [1.807, 2.05) is 12.1 Å². The number of nitrogens with one attached hydrogen (secondary N) is 1. The number of fused-ring (bicyclic) bond motifs is 1. The molecule has 19 heavy (non-hydrogen) atoms. The molecule has 0 radical (unpaired) electrons. The van der Waals surface area contributed by atoms with Gasteiger partial charge in [-0.15, -0.1) is 11.8 Å². The van der Waals surface area contributed by atoms with Crippen LogP contribution in [0.2, 0.25) is 0 Å². The molecule has 1 fully saturated rings. The Morgan fingerprint density at radius 3 is 2.95 bits per heavy atom. The fourth-order valence-corrected chi connectivity index (χ4v) is 4.90. The molecule has 2 nitrogen and oxygen atoms in total. The highest BCUT2D eigenvalue weighted by Gasteiger charge is 2.29. The van der Waals surface area contributed by atoms with Crippen LogP contribution in [0.1, 0.15) is 24.8 Å². The smallest absolute Gasteiger partial charge is 0.233 e. The molecule has 4 heteroatoms. The van der Waals surface area contributed by atoms with Gasteiger partial charge in [0, 0.05) is 16.3 Å². The molecule has 3 unspecified atom stereocenters. The third-order valence-corrected chi connectivity index (χ3v) is 6.13. The summed E-state index contributed by atoms with van der Waals surface area (Å²) in [4.78, 5) is 14.1. The van der Waals surface area contributed by atoms with Crippen LogP contribution in [-0.4, -0.2) is 22.5 Å². The number of benzene rings is 1. The van der Waals surface area contributed by atoms with Crippen LogP contribution in [-0.2, 0) is 11.2 Å². The van der Waals surface area contributed by atoms with Gasteiger partial charge in [0.05, 0.1) is 5.25 Å². The van der Waals surface area contributed by atoms with E-state index in [9.17, 15) is 4.79 Å². The number of alkyl halides is 1. The molecule has 1 aliphatic carbocycles. The highest BCUT2D eigenvalue weighted by Crippen LogP contribution is 2.37. The number of thioether (sulfide) groups is 1. The average Bonchev–Trinajstić information content (AvgIpc) is 3.01. The van der Waals surface area contributed by atoms with Crippen LogP contribution in [0.3, 0.4) is 0 Å². The summed E-state index contributed by atoms with van der Waals surface area (Å²) in [6.45, 7) is 0.842. The molecule has 0 bridgehead atoms. The van der Waals surface area contributed by atoms with Crippen molar-refractivity contribution >= 4 is 33.6 Å². The minimum atomic E-state index is 0.0681. The predicted octanol–water partition coefficient (Wildman–Crippen LogP) is 3.38. The molecule has 1 N–H and O–H groups in total. The minimum absolute atomic E-state index is 0.0681. The Hall–Kier alpha value is -0.480. The van der Waals surface area contributed by atoms with E-state index in [-0.39, 0.29) is 11.2 Å². The standard InChI is InChI=1S/C15H18BrNOS/c16-12-6-5-10(7-12)9-17-15(18)14-8-11-3-1-2-4-13(11)19-14/h1-4,10,12,14H,5-9H2,(H,17,18). The van der Waals surface area contributed by atoms with Crippen LogP contribution >= 0.6 is 27.7 Å². The predicted molar refractivity (Wildman–Crippen MR) is 82.9 cm³/mol. The molecule has 0 spiro atoms. The van der Waals surface area contributed by atoms with Crippen LogP contribution in [0.4, 0.5) is 0 Å². The topological polar surface area (TPSA) is 29.1 Å². The Morgan fingerprint density at radius 1 is 1.37 bits per heavy atom. The second-order valence-corrected chi connectivity index (χ2v) is 7.98. The number of amides is 1. The molecule has 102 valence electrons. The zero-order valence-corrected chi connectivity index (χ0v) is 13.2. The monoisotopic (exact) mass is 339 g/mol. The number of hydrogen-bond acceptors (Lipinski definition) is 2. The normalized spacial score (nSPS) is 29.2. The largest absolute Gasteiger partial charge is 0.355 e. The van der Waals surface area contributed by atoms with Gasteiger partial charge in [-0.3, -0.25) is 4.79 Å². The SMILES string of the molecule is O=C(NCC1CCC(Br)C1)C1Cc2ccccc2S1. The van der Waals surface area contributed by atoms with Gasteiger partial charge in [-0.2, -0.15) is 0 Å². The molecule has 1 aromatic rings. The van der Waals surface area contributed by atoms with Gasteiger partial charge >= 0.3 is 0 Å². The first-order chi connectivity index (χ1) is 9.22. The van der Waals surface area contributed by atoms with E-state index in [2.05, 4.69) is 33.4 Å².